The van der Waals surface area contributed by atoms with Crippen molar-refractivity contribution in [1.29, 1.82) is 0 Å². The number of hydrogen-bond acceptors (Lipinski definition) is 3. The predicted molar refractivity (Wildman–Crippen MR) is 89.0 cm³/mol. The van der Waals surface area contributed by atoms with E-state index in [1.165, 1.54) is 52.1 Å². The molecule has 0 unspecified atom stereocenters. The van der Waals surface area contributed by atoms with Crippen molar-refractivity contribution < 1.29 is 0 Å². The van der Waals surface area contributed by atoms with Gasteiger partial charge in [0.2, 0.25) is 0 Å². The Labute approximate surface area is 122 Å². The molecule has 0 aromatic heterocycles. The molecule has 0 atom stereocenters. The van der Waals surface area contributed by atoms with Crippen LogP contribution in [0.1, 0.15) is 54.4 Å². The summed E-state index contributed by atoms with van der Waals surface area (Å²) >= 11 is 0. The number of nitrogens with one attached hydrogen (secondary N) is 1. The summed E-state index contributed by atoms with van der Waals surface area (Å²) in [6.07, 6.45) is 2.74. The molecule has 3 heteroatoms. The molecule has 0 amide bonds. The second-order valence-electron chi connectivity index (χ2n) is 4.32. The van der Waals surface area contributed by atoms with Gasteiger partial charge >= 0.3 is 0 Å². The second kappa shape index (κ2) is 15.9. The molecule has 2 aliphatic rings. The molecule has 0 aromatic carbocycles. The molecule has 1 N–H and O–H groups in total. The Morgan fingerprint density at radius 1 is 0.737 bits per heavy atom. The van der Waals surface area contributed by atoms with Crippen molar-refractivity contribution in [2.45, 2.75) is 60.4 Å². The summed E-state index contributed by atoms with van der Waals surface area (Å²) in [5.41, 5.74) is 0. The largest absolute Gasteiger partial charge is 0.314 e. The van der Waals surface area contributed by atoms with Crippen molar-refractivity contribution >= 4 is 0 Å². The van der Waals surface area contributed by atoms with Gasteiger partial charge in [0.05, 0.1) is 0 Å². The van der Waals surface area contributed by atoms with E-state index < -0.39 is 0 Å². The van der Waals surface area contributed by atoms with Gasteiger partial charge in [-0.1, -0.05) is 41.5 Å². The van der Waals surface area contributed by atoms with Gasteiger partial charge in [0.1, 0.15) is 0 Å². The standard InChI is InChI=1S/C10H21N3.3C2H6/c1-12-6-2-10(3-7-12)13-8-4-11-5-9-13;3*1-2/h10-11H,2-9H2,1H3;3*1-2H3. The average molecular weight is 274 g/mol. The van der Waals surface area contributed by atoms with Crippen LogP contribution in [0.3, 0.4) is 0 Å². The van der Waals surface area contributed by atoms with Gasteiger partial charge < -0.3 is 10.2 Å². The van der Waals surface area contributed by atoms with Gasteiger partial charge in [-0.05, 0) is 33.0 Å². The first-order valence-electron chi connectivity index (χ1n) is 8.49. The van der Waals surface area contributed by atoms with Gasteiger partial charge in [-0.2, -0.15) is 0 Å². The zero-order valence-corrected chi connectivity index (χ0v) is 14.6. The number of hydrogen-bond donors (Lipinski definition) is 1. The minimum absolute atomic E-state index is 0.873. The van der Waals surface area contributed by atoms with Crippen LogP contribution in [0.2, 0.25) is 0 Å². The van der Waals surface area contributed by atoms with Crippen LogP contribution < -0.4 is 5.32 Å². The van der Waals surface area contributed by atoms with E-state index in [2.05, 4.69) is 22.2 Å². The third-order valence-corrected chi connectivity index (χ3v) is 3.36. The molecule has 2 heterocycles. The lowest BCUT2D eigenvalue weighted by atomic mass is 10.0. The first-order chi connectivity index (χ1) is 9.36. The van der Waals surface area contributed by atoms with E-state index >= 15 is 0 Å². The molecule has 2 fully saturated rings. The van der Waals surface area contributed by atoms with Gasteiger partial charge in [-0.3, -0.25) is 4.90 Å². The second-order valence-corrected chi connectivity index (χ2v) is 4.32. The van der Waals surface area contributed by atoms with E-state index in [4.69, 9.17) is 0 Å². The monoisotopic (exact) mass is 273 g/mol. The summed E-state index contributed by atoms with van der Waals surface area (Å²) in [7, 11) is 2.23. The van der Waals surface area contributed by atoms with E-state index in [-0.39, 0.29) is 0 Å². The predicted octanol–water partition coefficient (Wildman–Crippen LogP) is 3.06. The summed E-state index contributed by atoms with van der Waals surface area (Å²) < 4.78 is 0. The number of piperazine rings is 1. The smallest absolute Gasteiger partial charge is 0.0121 e. The zero-order chi connectivity index (χ0) is 15.1. The highest BCUT2D eigenvalue weighted by Crippen LogP contribution is 2.15. The van der Waals surface area contributed by atoms with Crippen molar-refractivity contribution in [3.05, 3.63) is 0 Å². The molecule has 0 saturated carbocycles. The average Bonchev–Trinajstić information content (AvgIpc) is 2.55. The zero-order valence-electron chi connectivity index (χ0n) is 14.6. The highest BCUT2D eigenvalue weighted by atomic mass is 15.2. The lowest BCUT2D eigenvalue weighted by molar-refractivity contribution is 0.109. The SMILES string of the molecule is CC.CC.CC.CN1CCC(N2CCNCC2)CC1. The van der Waals surface area contributed by atoms with E-state index in [9.17, 15) is 0 Å². The third kappa shape index (κ3) is 9.42. The van der Waals surface area contributed by atoms with Gasteiger partial charge in [0.25, 0.3) is 0 Å². The fourth-order valence-electron chi connectivity index (χ4n) is 2.41. The van der Waals surface area contributed by atoms with Crippen LogP contribution in [0.4, 0.5) is 0 Å². The first-order valence-corrected chi connectivity index (χ1v) is 8.49. The summed E-state index contributed by atoms with van der Waals surface area (Å²) in [6, 6.07) is 0.873. The fourth-order valence-corrected chi connectivity index (χ4v) is 2.41. The maximum atomic E-state index is 3.41. The Hall–Kier alpha value is -0.120. The van der Waals surface area contributed by atoms with Crippen LogP contribution in [0.25, 0.3) is 0 Å². The topological polar surface area (TPSA) is 18.5 Å². The molecule has 2 saturated heterocycles. The van der Waals surface area contributed by atoms with Gasteiger partial charge in [-0.15, -0.1) is 0 Å². The van der Waals surface area contributed by atoms with Crippen LogP contribution in [-0.4, -0.2) is 62.2 Å². The van der Waals surface area contributed by atoms with Crippen LogP contribution in [0.15, 0.2) is 0 Å². The normalized spacial score (nSPS) is 21.0. The fraction of sp³-hybridized carbons (Fsp3) is 1.00. The summed E-state index contributed by atoms with van der Waals surface area (Å²) in [6.45, 7) is 19.5. The van der Waals surface area contributed by atoms with Crippen LogP contribution in [0.5, 0.6) is 0 Å². The molecule has 0 radical (unpaired) electrons. The van der Waals surface area contributed by atoms with E-state index in [1.807, 2.05) is 41.5 Å². The van der Waals surface area contributed by atoms with Gasteiger partial charge in [0, 0.05) is 32.2 Å². The molecular formula is C16H39N3. The lowest BCUT2D eigenvalue weighted by Gasteiger charge is -2.39. The van der Waals surface area contributed by atoms with E-state index in [1.54, 1.807) is 0 Å². The van der Waals surface area contributed by atoms with Crippen molar-refractivity contribution in [3.8, 4) is 0 Å². The molecule has 0 spiro atoms. The number of rotatable bonds is 1. The van der Waals surface area contributed by atoms with E-state index in [0.717, 1.165) is 6.04 Å². The van der Waals surface area contributed by atoms with Crippen LogP contribution >= 0.6 is 0 Å². The summed E-state index contributed by atoms with van der Waals surface area (Å²) in [4.78, 5) is 5.11. The van der Waals surface area contributed by atoms with Crippen molar-refractivity contribution in [3.63, 3.8) is 0 Å². The minimum atomic E-state index is 0.873. The summed E-state index contributed by atoms with van der Waals surface area (Å²) in [5, 5.41) is 3.41. The number of likely N-dealkylation sites (tertiary alicyclic amines) is 1. The highest BCUT2D eigenvalue weighted by molar-refractivity contribution is 4.81. The molecule has 19 heavy (non-hydrogen) atoms. The summed E-state index contributed by atoms with van der Waals surface area (Å²) in [5.74, 6) is 0. The Kier molecular flexibility index (Phi) is 17.8. The lowest BCUT2D eigenvalue weighted by Crippen LogP contribution is -2.51. The quantitative estimate of drug-likeness (QED) is 0.792. The van der Waals surface area contributed by atoms with Gasteiger partial charge in [0.15, 0.2) is 0 Å². The third-order valence-electron chi connectivity index (χ3n) is 3.36. The molecular weight excluding hydrogens is 234 g/mol. The number of nitrogens with zero attached hydrogens (tertiary/aromatic N) is 2. The van der Waals surface area contributed by atoms with Crippen molar-refractivity contribution in [2.75, 3.05) is 46.3 Å². The first kappa shape index (κ1) is 21.2. The Bertz CT molecular complexity index is 148. The number of piperidine rings is 1. The highest BCUT2D eigenvalue weighted by Gasteiger charge is 2.23. The Morgan fingerprint density at radius 2 is 1.16 bits per heavy atom. The molecule has 118 valence electrons. The Balaban J connectivity index is 0. The van der Waals surface area contributed by atoms with Crippen molar-refractivity contribution in [2.24, 2.45) is 0 Å². The van der Waals surface area contributed by atoms with Crippen LogP contribution in [0, 0.1) is 0 Å². The van der Waals surface area contributed by atoms with Crippen LogP contribution in [-0.2, 0) is 0 Å². The molecule has 0 aromatic rings. The maximum Gasteiger partial charge on any atom is 0.0121 e. The van der Waals surface area contributed by atoms with Crippen molar-refractivity contribution in [1.82, 2.24) is 15.1 Å². The maximum absolute atomic E-state index is 3.41. The molecule has 2 rings (SSSR count). The minimum Gasteiger partial charge on any atom is -0.314 e. The van der Waals surface area contributed by atoms with E-state index in [0.29, 0.717) is 0 Å². The molecule has 0 bridgehead atoms. The molecule has 0 aliphatic carbocycles. The van der Waals surface area contributed by atoms with Gasteiger partial charge in [-0.25, -0.2) is 0 Å². The molecule has 3 nitrogen and oxygen atoms in total. The molecule has 2 aliphatic heterocycles. The Morgan fingerprint density at radius 3 is 1.58 bits per heavy atom.